The maximum absolute atomic E-state index is 12.3. The number of methoxy groups -OCH3 is 1. The predicted octanol–water partition coefficient (Wildman–Crippen LogP) is 3.64. The number of anilines is 1. The normalized spacial score (nSPS) is 16.1. The summed E-state index contributed by atoms with van der Waals surface area (Å²) in [5.41, 5.74) is 1.62. The molecule has 0 saturated carbocycles. The summed E-state index contributed by atoms with van der Waals surface area (Å²) in [6.45, 7) is 5.44. The molecule has 6 heteroatoms. The zero-order chi connectivity index (χ0) is 16.9. The highest BCUT2D eigenvalue weighted by Gasteiger charge is 2.17. The number of rotatable bonds is 5. The molecule has 1 saturated heterocycles. The Morgan fingerprint density at radius 3 is 2.71 bits per heavy atom. The van der Waals surface area contributed by atoms with E-state index in [1.54, 1.807) is 31.4 Å². The van der Waals surface area contributed by atoms with E-state index >= 15 is 0 Å². The van der Waals surface area contributed by atoms with Gasteiger partial charge in [0, 0.05) is 17.5 Å². The van der Waals surface area contributed by atoms with Crippen LogP contribution in [0.2, 0.25) is 0 Å². The summed E-state index contributed by atoms with van der Waals surface area (Å²) in [6, 6.07) is 7.05. The molecule has 0 radical (unpaired) electrons. The van der Waals surface area contributed by atoms with Crippen LogP contribution in [0.1, 0.15) is 35.8 Å². The lowest BCUT2D eigenvalue weighted by molar-refractivity contribution is 0.102. The van der Waals surface area contributed by atoms with Gasteiger partial charge in [-0.2, -0.15) is 0 Å². The van der Waals surface area contributed by atoms with E-state index in [9.17, 15) is 4.79 Å². The lowest BCUT2D eigenvalue weighted by Gasteiger charge is -2.29. The van der Waals surface area contributed by atoms with Gasteiger partial charge >= 0.3 is 0 Å². The standard InChI is InChI=1S/C18H23N3O2S/c1-13-7-9-21(10-8-13)11-15-12-24-18(19-15)20-17(22)14-3-5-16(23-2)6-4-14/h3-6,12-13H,7-11H2,1-2H3,(H,19,20,22). The molecule has 0 aliphatic carbocycles. The Labute approximate surface area is 146 Å². The average molecular weight is 345 g/mol. The molecule has 24 heavy (non-hydrogen) atoms. The molecule has 2 heterocycles. The Morgan fingerprint density at radius 1 is 1.33 bits per heavy atom. The maximum atomic E-state index is 12.3. The molecule has 128 valence electrons. The summed E-state index contributed by atoms with van der Waals surface area (Å²) < 4.78 is 5.10. The zero-order valence-electron chi connectivity index (χ0n) is 14.1. The van der Waals surface area contributed by atoms with Crippen molar-refractivity contribution < 1.29 is 9.53 Å². The van der Waals surface area contributed by atoms with Gasteiger partial charge in [0.15, 0.2) is 5.13 Å². The van der Waals surface area contributed by atoms with E-state index in [-0.39, 0.29) is 5.91 Å². The predicted molar refractivity (Wildman–Crippen MR) is 96.7 cm³/mol. The van der Waals surface area contributed by atoms with Crippen molar-refractivity contribution in [1.29, 1.82) is 0 Å². The molecule has 5 nitrogen and oxygen atoms in total. The summed E-state index contributed by atoms with van der Waals surface area (Å²) in [5, 5.41) is 5.55. The molecule has 1 aliphatic rings. The number of aromatic nitrogens is 1. The fourth-order valence-electron chi connectivity index (χ4n) is 2.80. The number of ether oxygens (including phenoxy) is 1. The van der Waals surface area contributed by atoms with Gasteiger partial charge in [0.2, 0.25) is 0 Å². The van der Waals surface area contributed by atoms with Crippen LogP contribution >= 0.6 is 11.3 Å². The Balaban J connectivity index is 1.56. The smallest absolute Gasteiger partial charge is 0.257 e. The summed E-state index contributed by atoms with van der Waals surface area (Å²) in [4.78, 5) is 19.2. The number of benzene rings is 1. The minimum absolute atomic E-state index is 0.148. The number of likely N-dealkylation sites (tertiary alicyclic amines) is 1. The monoisotopic (exact) mass is 345 g/mol. The highest BCUT2D eigenvalue weighted by atomic mass is 32.1. The Hall–Kier alpha value is -1.92. The van der Waals surface area contributed by atoms with Crippen LogP contribution in [0.5, 0.6) is 5.75 Å². The minimum atomic E-state index is -0.148. The van der Waals surface area contributed by atoms with E-state index in [2.05, 4.69) is 22.1 Å². The first-order chi connectivity index (χ1) is 11.6. The molecular formula is C18H23N3O2S. The van der Waals surface area contributed by atoms with Gasteiger partial charge in [0.1, 0.15) is 5.75 Å². The van der Waals surface area contributed by atoms with Crippen molar-refractivity contribution in [2.75, 3.05) is 25.5 Å². The van der Waals surface area contributed by atoms with Crippen molar-refractivity contribution in [3.63, 3.8) is 0 Å². The number of thiazole rings is 1. The van der Waals surface area contributed by atoms with Crippen LogP contribution in [0.4, 0.5) is 5.13 Å². The van der Waals surface area contributed by atoms with Crippen LogP contribution in [-0.2, 0) is 6.54 Å². The molecule has 1 N–H and O–H groups in total. The highest BCUT2D eigenvalue weighted by Crippen LogP contribution is 2.21. The Kier molecular flexibility index (Phi) is 5.48. The first-order valence-electron chi connectivity index (χ1n) is 8.26. The molecular weight excluding hydrogens is 322 g/mol. The van der Waals surface area contributed by atoms with Crippen LogP contribution in [-0.4, -0.2) is 36.0 Å². The third-order valence-electron chi connectivity index (χ3n) is 4.39. The summed E-state index contributed by atoms with van der Waals surface area (Å²) in [5.74, 6) is 1.42. The molecule has 1 fully saturated rings. The minimum Gasteiger partial charge on any atom is -0.497 e. The summed E-state index contributed by atoms with van der Waals surface area (Å²) in [7, 11) is 1.61. The topological polar surface area (TPSA) is 54.5 Å². The maximum Gasteiger partial charge on any atom is 0.257 e. The van der Waals surface area contributed by atoms with E-state index in [0.29, 0.717) is 10.7 Å². The third-order valence-corrected chi connectivity index (χ3v) is 5.19. The number of hydrogen-bond acceptors (Lipinski definition) is 5. The van der Waals surface area contributed by atoms with Gasteiger partial charge in [-0.1, -0.05) is 6.92 Å². The second-order valence-corrected chi connectivity index (χ2v) is 7.14. The molecule has 1 aromatic heterocycles. The van der Waals surface area contributed by atoms with Crippen molar-refractivity contribution in [1.82, 2.24) is 9.88 Å². The molecule has 0 bridgehead atoms. The number of carbonyl (C=O) groups excluding carboxylic acids is 1. The van der Waals surface area contributed by atoms with Gasteiger partial charge in [0.25, 0.3) is 5.91 Å². The van der Waals surface area contributed by atoms with Crippen molar-refractivity contribution in [2.24, 2.45) is 5.92 Å². The van der Waals surface area contributed by atoms with Gasteiger partial charge in [-0.15, -0.1) is 11.3 Å². The molecule has 0 unspecified atom stereocenters. The fourth-order valence-corrected chi connectivity index (χ4v) is 3.49. The van der Waals surface area contributed by atoms with Gasteiger partial charge < -0.3 is 4.74 Å². The third kappa shape index (κ3) is 4.33. The van der Waals surface area contributed by atoms with Crippen molar-refractivity contribution in [3.05, 3.63) is 40.9 Å². The second kappa shape index (κ2) is 7.77. The molecule has 1 aliphatic heterocycles. The lowest BCUT2D eigenvalue weighted by Crippen LogP contribution is -2.32. The van der Waals surface area contributed by atoms with E-state index in [1.165, 1.54) is 24.2 Å². The Bertz CT molecular complexity index is 676. The number of hydrogen-bond donors (Lipinski definition) is 1. The number of piperidine rings is 1. The fraction of sp³-hybridized carbons (Fsp3) is 0.444. The SMILES string of the molecule is COc1ccc(C(=O)Nc2nc(CN3CCC(C)CC3)cs2)cc1. The van der Waals surface area contributed by atoms with Gasteiger partial charge in [-0.3, -0.25) is 15.0 Å². The quantitative estimate of drug-likeness (QED) is 0.899. The lowest BCUT2D eigenvalue weighted by atomic mass is 9.99. The first-order valence-corrected chi connectivity index (χ1v) is 9.14. The van der Waals surface area contributed by atoms with E-state index in [4.69, 9.17) is 4.74 Å². The highest BCUT2D eigenvalue weighted by molar-refractivity contribution is 7.13. The number of amides is 1. The molecule has 2 aromatic rings. The van der Waals surface area contributed by atoms with Crippen molar-refractivity contribution in [2.45, 2.75) is 26.3 Å². The van der Waals surface area contributed by atoms with Crippen LogP contribution in [0.3, 0.4) is 0 Å². The summed E-state index contributed by atoms with van der Waals surface area (Å²) in [6.07, 6.45) is 2.51. The largest absolute Gasteiger partial charge is 0.497 e. The van der Waals surface area contributed by atoms with Crippen molar-refractivity contribution in [3.8, 4) is 5.75 Å². The molecule has 1 aromatic carbocycles. The van der Waals surface area contributed by atoms with E-state index < -0.39 is 0 Å². The average Bonchev–Trinajstić information content (AvgIpc) is 3.04. The van der Waals surface area contributed by atoms with Crippen LogP contribution in [0.15, 0.2) is 29.6 Å². The molecule has 1 amide bonds. The van der Waals surface area contributed by atoms with Gasteiger partial charge in [-0.25, -0.2) is 4.98 Å². The second-order valence-electron chi connectivity index (χ2n) is 6.29. The number of carbonyl (C=O) groups is 1. The van der Waals surface area contributed by atoms with Crippen LogP contribution < -0.4 is 10.1 Å². The van der Waals surface area contributed by atoms with Gasteiger partial charge in [0.05, 0.1) is 12.8 Å². The Morgan fingerprint density at radius 2 is 2.04 bits per heavy atom. The van der Waals surface area contributed by atoms with Crippen molar-refractivity contribution >= 4 is 22.4 Å². The van der Waals surface area contributed by atoms with E-state index in [0.717, 1.165) is 37.0 Å². The van der Waals surface area contributed by atoms with Gasteiger partial charge in [-0.05, 0) is 56.1 Å². The van der Waals surface area contributed by atoms with Crippen LogP contribution in [0.25, 0.3) is 0 Å². The molecule has 3 rings (SSSR count). The first kappa shape index (κ1) is 16.9. The van der Waals surface area contributed by atoms with Crippen LogP contribution in [0, 0.1) is 5.92 Å². The molecule has 0 atom stereocenters. The number of nitrogens with one attached hydrogen (secondary N) is 1. The zero-order valence-corrected chi connectivity index (χ0v) is 14.9. The number of nitrogens with zero attached hydrogens (tertiary/aromatic N) is 2. The molecule has 0 spiro atoms. The summed E-state index contributed by atoms with van der Waals surface area (Å²) >= 11 is 1.47. The van der Waals surface area contributed by atoms with E-state index in [1.807, 2.05) is 5.38 Å².